The molecule has 1 aromatic heterocycles. The monoisotopic (exact) mass is 203 g/mol. The van der Waals surface area contributed by atoms with Crippen molar-refractivity contribution >= 4 is 11.6 Å². The Bertz CT molecular complexity index is 483. The fourth-order valence-electron chi connectivity index (χ4n) is 1.17. The highest BCUT2D eigenvalue weighted by Gasteiger charge is 2.01. The van der Waals surface area contributed by atoms with Crippen LogP contribution in [0.15, 0.2) is 36.9 Å². The van der Waals surface area contributed by atoms with Crippen LogP contribution in [0.1, 0.15) is 5.56 Å². The lowest BCUT2D eigenvalue weighted by Gasteiger charge is -2.02. The van der Waals surface area contributed by atoms with Crippen molar-refractivity contribution in [1.29, 1.82) is 5.26 Å². The van der Waals surface area contributed by atoms with Crippen molar-refractivity contribution in [2.24, 2.45) is 0 Å². The van der Waals surface area contributed by atoms with Crippen molar-refractivity contribution in [2.45, 2.75) is 0 Å². The summed E-state index contributed by atoms with van der Waals surface area (Å²) in [6, 6.07) is 7.30. The highest BCUT2D eigenvalue weighted by atomic mass is 35.5. The Morgan fingerprint density at radius 1 is 1.43 bits per heavy atom. The topological polar surface area (TPSA) is 41.6 Å². The van der Waals surface area contributed by atoms with Gasteiger partial charge in [-0.25, -0.2) is 4.98 Å². The fraction of sp³-hybridized carbons (Fsp3) is 0. The van der Waals surface area contributed by atoms with E-state index < -0.39 is 0 Å². The zero-order chi connectivity index (χ0) is 9.97. The van der Waals surface area contributed by atoms with E-state index in [1.165, 1.54) is 0 Å². The Kier molecular flexibility index (Phi) is 2.21. The second kappa shape index (κ2) is 3.52. The quantitative estimate of drug-likeness (QED) is 0.714. The van der Waals surface area contributed by atoms with Gasteiger partial charge in [0, 0.05) is 18.1 Å². The summed E-state index contributed by atoms with van der Waals surface area (Å²) in [6.07, 6.45) is 5.16. The van der Waals surface area contributed by atoms with Gasteiger partial charge in [-0.05, 0) is 18.2 Å². The fourth-order valence-corrected chi connectivity index (χ4v) is 1.33. The zero-order valence-corrected chi connectivity index (χ0v) is 7.94. The number of imidazole rings is 1. The van der Waals surface area contributed by atoms with Crippen molar-refractivity contribution in [3.05, 3.63) is 47.5 Å². The van der Waals surface area contributed by atoms with Crippen LogP contribution in [0.2, 0.25) is 5.02 Å². The van der Waals surface area contributed by atoms with Crippen LogP contribution in [0, 0.1) is 11.3 Å². The molecule has 0 unspecified atom stereocenters. The largest absolute Gasteiger partial charge is 0.306 e. The summed E-state index contributed by atoms with van der Waals surface area (Å²) < 4.78 is 1.82. The van der Waals surface area contributed by atoms with Crippen LogP contribution in [0.5, 0.6) is 0 Å². The van der Waals surface area contributed by atoms with Crippen molar-refractivity contribution in [2.75, 3.05) is 0 Å². The third-order valence-corrected chi connectivity index (χ3v) is 2.20. The smallest absolute Gasteiger partial charge is 0.101 e. The van der Waals surface area contributed by atoms with Gasteiger partial charge in [-0.15, -0.1) is 0 Å². The van der Waals surface area contributed by atoms with Gasteiger partial charge >= 0.3 is 0 Å². The van der Waals surface area contributed by atoms with Crippen LogP contribution < -0.4 is 0 Å². The first-order valence-corrected chi connectivity index (χ1v) is 4.37. The van der Waals surface area contributed by atoms with Crippen molar-refractivity contribution < 1.29 is 0 Å². The molecule has 0 aliphatic rings. The minimum Gasteiger partial charge on any atom is -0.306 e. The average Bonchev–Trinajstić information content (AvgIpc) is 2.71. The molecule has 3 nitrogen and oxygen atoms in total. The molecule has 0 saturated heterocycles. The van der Waals surface area contributed by atoms with Crippen LogP contribution in [0.25, 0.3) is 5.69 Å². The van der Waals surface area contributed by atoms with Gasteiger partial charge in [0.15, 0.2) is 0 Å². The van der Waals surface area contributed by atoms with Gasteiger partial charge in [0.1, 0.15) is 6.07 Å². The maximum Gasteiger partial charge on any atom is 0.101 e. The van der Waals surface area contributed by atoms with Gasteiger partial charge in [0.25, 0.3) is 0 Å². The highest BCUT2D eigenvalue weighted by molar-refractivity contribution is 6.31. The van der Waals surface area contributed by atoms with E-state index in [1.54, 1.807) is 24.7 Å². The Labute approximate surface area is 86.2 Å². The Morgan fingerprint density at radius 2 is 2.29 bits per heavy atom. The molecule has 0 radical (unpaired) electrons. The lowest BCUT2D eigenvalue weighted by atomic mass is 10.2. The molecule has 0 aliphatic heterocycles. The Hall–Kier alpha value is -1.79. The van der Waals surface area contributed by atoms with Crippen LogP contribution >= 0.6 is 11.6 Å². The van der Waals surface area contributed by atoms with Crippen LogP contribution in [0.3, 0.4) is 0 Å². The molecule has 0 aliphatic carbocycles. The zero-order valence-electron chi connectivity index (χ0n) is 7.18. The normalized spacial score (nSPS) is 9.71. The van der Waals surface area contributed by atoms with Gasteiger partial charge < -0.3 is 4.57 Å². The SMILES string of the molecule is N#Cc1cc(-n2ccnc2)ccc1Cl. The van der Waals surface area contributed by atoms with Crippen LogP contribution in [-0.4, -0.2) is 9.55 Å². The maximum atomic E-state index is 8.78. The Morgan fingerprint density at radius 3 is 2.93 bits per heavy atom. The van der Waals surface area contributed by atoms with E-state index >= 15 is 0 Å². The number of halogens is 1. The molecule has 0 amide bonds. The summed E-state index contributed by atoms with van der Waals surface area (Å²) in [4.78, 5) is 3.92. The summed E-state index contributed by atoms with van der Waals surface area (Å²) in [7, 11) is 0. The molecule has 0 N–H and O–H groups in total. The molecule has 1 aromatic carbocycles. The van der Waals surface area contributed by atoms with E-state index in [1.807, 2.05) is 22.9 Å². The first kappa shape index (κ1) is 8.79. The van der Waals surface area contributed by atoms with Crippen molar-refractivity contribution in [3.63, 3.8) is 0 Å². The van der Waals surface area contributed by atoms with Gasteiger partial charge in [0.05, 0.1) is 16.9 Å². The first-order valence-electron chi connectivity index (χ1n) is 3.99. The number of rotatable bonds is 1. The second-order valence-electron chi connectivity index (χ2n) is 2.75. The third kappa shape index (κ3) is 1.48. The predicted octanol–water partition coefficient (Wildman–Crippen LogP) is 2.40. The summed E-state index contributed by atoms with van der Waals surface area (Å²) in [5.74, 6) is 0. The molecular formula is C10H6ClN3. The molecule has 14 heavy (non-hydrogen) atoms. The van der Waals surface area contributed by atoms with E-state index in [0.29, 0.717) is 10.6 Å². The summed E-state index contributed by atoms with van der Waals surface area (Å²) >= 11 is 5.81. The van der Waals surface area contributed by atoms with Crippen molar-refractivity contribution in [1.82, 2.24) is 9.55 Å². The van der Waals surface area contributed by atoms with E-state index in [0.717, 1.165) is 5.69 Å². The highest BCUT2D eigenvalue weighted by Crippen LogP contribution is 2.18. The molecule has 0 atom stereocenters. The summed E-state index contributed by atoms with van der Waals surface area (Å²) in [5, 5.41) is 9.25. The number of aromatic nitrogens is 2. The molecule has 2 rings (SSSR count). The van der Waals surface area contributed by atoms with Gasteiger partial charge in [0.2, 0.25) is 0 Å². The molecule has 0 fully saturated rings. The lowest BCUT2D eigenvalue weighted by Crippen LogP contribution is -1.90. The Balaban J connectivity index is 2.53. The van der Waals surface area contributed by atoms with E-state index in [-0.39, 0.29) is 0 Å². The van der Waals surface area contributed by atoms with Crippen LogP contribution in [0.4, 0.5) is 0 Å². The maximum absolute atomic E-state index is 8.78. The minimum absolute atomic E-state index is 0.469. The molecule has 4 heteroatoms. The minimum atomic E-state index is 0.469. The van der Waals surface area contributed by atoms with Crippen molar-refractivity contribution in [3.8, 4) is 11.8 Å². The lowest BCUT2D eigenvalue weighted by molar-refractivity contribution is 1.06. The van der Waals surface area contributed by atoms with Gasteiger partial charge in [-0.3, -0.25) is 0 Å². The number of hydrogen-bond acceptors (Lipinski definition) is 2. The standard InChI is InChI=1S/C10H6ClN3/c11-10-2-1-9(5-8(10)6-12)14-4-3-13-7-14/h1-5,7H. The molecular weight excluding hydrogens is 198 g/mol. The second-order valence-corrected chi connectivity index (χ2v) is 3.15. The molecule has 2 aromatic rings. The molecule has 0 saturated carbocycles. The number of hydrogen-bond donors (Lipinski definition) is 0. The van der Waals surface area contributed by atoms with E-state index in [4.69, 9.17) is 16.9 Å². The van der Waals surface area contributed by atoms with Crippen LogP contribution in [-0.2, 0) is 0 Å². The van der Waals surface area contributed by atoms with E-state index in [9.17, 15) is 0 Å². The molecule has 68 valence electrons. The van der Waals surface area contributed by atoms with Gasteiger partial charge in [-0.2, -0.15) is 5.26 Å². The van der Waals surface area contributed by atoms with Gasteiger partial charge in [-0.1, -0.05) is 11.6 Å². The van der Waals surface area contributed by atoms with E-state index in [2.05, 4.69) is 4.98 Å². The number of nitriles is 1. The average molecular weight is 204 g/mol. The molecule has 0 spiro atoms. The first-order chi connectivity index (χ1) is 6.81. The molecule has 0 bridgehead atoms. The predicted molar refractivity (Wildman–Crippen MR) is 53.3 cm³/mol. The number of benzene rings is 1. The summed E-state index contributed by atoms with van der Waals surface area (Å²) in [5.41, 5.74) is 1.35. The summed E-state index contributed by atoms with van der Waals surface area (Å²) in [6.45, 7) is 0. The third-order valence-electron chi connectivity index (χ3n) is 1.87. The molecule has 1 heterocycles. The number of nitrogens with zero attached hydrogens (tertiary/aromatic N) is 3.